The van der Waals surface area contributed by atoms with Crippen molar-refractivity contribution in [3.8, 4) is 0 Å². The lowest BCUT2D eigenvalue weighted by atomic mass is 10.1. The Kier molecular flexibility index (Phi) is 23.6. The lowest BCUT2D eigenvalue weighted by Gasteiger charge is -2.21. The van der Waals surface area contributed by atoms with E-state index in [9.17, 15) is 9.46 Å². The first-order valence-electron chi connectivity index (χ1n) is 12.2. The van der Waals surface area contributed by atoms with Crippen LogP contribution in [-0.2, 0) is 13.6 Å². The molecule has 1 atom stereocenters. The molecule has 0 aromatic carbocycles. The summed E-state index contributed by atoms with van der Waals surface area (Å²) in [6.07, 6.45) is 16.4. The van der Waals surface area contributed by atoms with Crippen molar-refractivity contribution in [2.75, 3.05) is 46.0 Å². The highest BCUT2D eigenvalue weighted by atomic mass is 31.2. The molecule has 0 amide bonds. The molecule has 0 spiro atoms. The first kappa shape index (κ1) is 30.0. The molecule has 0 aliphatic rings. The number of hydrogen-bond donors (Lipinski definition) is 3. The van der Waals surface area contributed by atoms with E-state index in [1.54, 1.807) is 6.92 Å². The van der Waals surface area contributed by atoms with Crippen molar-refractivity contribution in [3.05, 3.63) is 0 Å². The summed E-state index contributed by atoms with van der Waals surface area (Å²) in [5.74, 6) is 0. The second-order valence-electron chi connectivity index (χ2n) is 7.87. The van der Waals surface area contributed by atoms with Crippen LogP contribution in [0.5, 0.6) is 0 Å². The molecule has 0 rings (SSSR count). The molecular formula is C22H48N2O5P-. The molecule has 182 valence electrons. The average molecular weight is 452 g/mol. The predicted molar refractivity (Wildman–Crippen MR) is 123 cm³/mol. The Bertz CT molecular complexity index is 389. The second kappa shape index (κ2) is 23.6. The number of phosphoric ester groups is 1. The van der Waals surface area contributed by atoms with Crippen LogP contribution < -0.4 is 15.5 Å². The normalized spacial score (nSPS) is 13.6. The zero-order chi connectivity index (χ0) is 22.2. The first-order valence-corrected chi connectivity index (χ1v) is 13.7. The molecule has 0 aliphatic heterocycles. The molecule has 0 heterocycles. The summed E-state index contributed by atoms with van der Waals surface area (Å²) in [6, 6.07) is 0. The smallest absolute Gasteiger partial charge is 0.267 e. The molecule has 1 unspecified atom stereocenters. The molecule has 0 aromatic rings. The third kappa shape index (κ3) is 24.3. The highest BCUT2D eigenvalue weighted by molar-refractivity contribution is 7.45. The number of rotatable bonds is 25. The van der Waals surface area contributed by atoms with Crippen LogP contribution in [-0.4, -0.2) is 51.1 Å². The van der Waals surface area contributed by atoms with Gasteiger partial charge in [-0.3, -0.25) is 4.57 Å². The third-order valence-corrected chi connectivity index (χ3v) is 6.08. The lowest BCUT2D eigenvalue weighted by Crippen LogP contribution is -2.23. The van der Waals surface area contributed by atoms with Crippen molar-refractivity contribution in [1.29, 1.82) is 0 Å². The van der Waals surface area contributed by atoms with Crippen LogP contribution in [0.15, 0.2) is 0 Å². The van der Waals surface area contributed by atoms with Gasteiger partial charge in [0.2, 0.25) is 0 Å². The molecular weight excluding hydrogens is 403 g/mol. The van der Waals surface area contributed by atoms with E-state index in [1.807, 2.05) is 0 Å². The molecule has 0 fully saturated rings. The van der Waals surface area contributed by atoms with E-state index in [0.29, 0.717) is 6.61 Å². The van der Waals surface area contributed by atoms with E-state index in [1.165, 1.54) is 57.8 Å². The number of phosphoric acid groups is 1. The Morgan fingerprint density at radius 2 is 1.10 bits per heavy atom. The Morgan fingerprint density at radius 1 is 0.667 bits per heavy atom. The predicted octanol–water partition coefficient (Wildman–Crippen LogP) is 4.14. The van der Waals surface area contributed by atoms with Gasteiger partial charge in [0.15, 0.2) is 0 Å². The minimum absolute atomic E-state index is 0.128. The molecule has 7 nitrogen and oxygen atoms in total. The molecule has 0 aromatic heterocycles. The van der Waals surface area contributed by atoms with Crippen molar-refractivity contribution in [2.45, 2.75) is 96.8 Å². The van der Waals surface area contributed by atoms with Gasteiger partial charge in [0.1, 0.15) is 0 Å². The van der Waals surface area contributed by atoms with Gasteiger partial charge in [-0.1, -0.05) is 57.8 Å². The van der Waals surface area contributed by atoms with Gasteiger partial charge in [0.25, 0.3) is 7.82 Å². The number of unbranched alkanes of at least 4 members (excludes halogenated alkanes) is 11. The number of hydrogen-bond acceptors (Lipinski definition) is 7. The first-order chi connectivity index (χ1) is 14.6. The topological polar surface area (TPSA) is 103 Å². The lowest BCUT2D eigenvalue weighted by molar-refractivity contribution is -0.225. The van der Waals surface area contributed by atoms with Crippen LogP contribution in [0.2, 0.25) is 0 Å². The van der Waals surface area contributed by atoms with Gasteiger partial charge in [0, 0.05) is 6.61 Å². The van der Waals surface area contributed by atoms with Gasteiger partial charge in [-0.15, -0.1) is 0 Å². The van der Waals surface area contributed by atoms with Crippen LogP contribution in [0, 0.1) is 0 Å². The maximum atomic E-state index is 11.2. The summed E-state index contributed by atoms with van der Waals surface area (Å²) in [5.41, 5.74) is 0. The van der Waals surface area contributed by atoms with Gasteiger partial charge in [-0.25, -0.2) is 0 Å². The highest BCUT2D eigenvalue weighted by Crippen LogP contribution is 2.37. The van der Waals surface area contributed by atoms with Crippen LogP contribution in [0.25, 0.3) is 0 Å². The molecule has 0 saturated carbocycles. The number of nitrogens with one attached hydrogen (secondary N) is 2. The fourth-order valence-corrected chi connectivity index (χ4v) is 4.01. The van der Waals surface area contributed by atoms with Crippen molar-refractivity contribution < 1.29 is 23.6 Å². The maximum absolute atomic E-state index is 11.2. The van der Waals surface area contributed by atoms with Crippen molar-refractivity contribution in [3.63, 3.8) is 0 Å². The largest absolute Gasteiger partial charge is 0.756 e. The van der Waals surface area contributed by atoms with Crippen LogP contribution in [0.3, 0.4) is 0 Å². The van der Waals surface area contributed by atoms with Crippen molar-refractivity contribution in [2.24, 2.45) is 0 Å². The van der Waals surface area contributed by atoms with Crippen LogP contribution in [0.1, 0.15) is 96.8 Å². The average Bonchev–Trinajstić information content (AvgIpc) is 2.71. The standard InChI is InChI=1S/C22H49N2O5P/c1-2-28-30(26,27)29-22-15-11-9-7-5-3-4-6-8-10-12-17-23-19-16-20-24-18-13-14-21-25/h23-25H,2-22H2,1H3,(H,26,27)/p-1. The Balaban J connectivity index is 3.09. The molecule has 3 N–H and O–H groups in total. The summed E-state index contributed by atoms with van der Waals surface area (Å²) in [7, 11) is -4.05. The van der Waals surface area contributed by atoms with E-state index in [0.717, 1.165) is 58.3 Å². The van der Waals surface area contributed by atoms with E-state index < -0.39 is 7.82 Å². The second-order valence-corrected chi connectivity index (χ2v) is 9.28. The van der Waals surface area contributed by atoms with Crippen molar-refractivity contribution >= 4 is 7.82 Å². The summed E-state index contributed by atoms with van der Waals surface area (Å²) >= 11 is 0. The van der Waals surface area contributed by atoms with Gasteiger partial charge >= 0.3 is 0 Å². The van der Waals surface area contributed by atoms with Gasteiger partial charge in [-0.2, -0.15) is 0 Å². The molecule has 0 radical (unpaired) electrons. The minimum Gasteiger partial charge on any atom is -0.756 e. The van der Waals surface area contributed by atoms with Gasteiger partial charge in [-0.05, 0) is 65.2 Å². The molecule has 0 aliphatic carbocycles. The summed E-state index contributed by atoms with van der Waals surface area (Å²) in [6.45, 7) is 6.58. The molecule has 0 bridgehead atoms. The van der Waals surface area contributed by atoms with Crippen molar-refractivity contribution in [1.82, 2.24) is 10.6 Å². The van der Waals surface area contributed by atoms with Crippen LogP contribution in [0.4, 0.5) is 0 Å². The van der Waals surface area contributed by atoms with Gasteiger partial charge in [0.05, 0.1) is 13.2 Å². The Morgan fingerprint density at radius 3 is 1.60 bits per heavy atom. The van der Waals surface area contributed by atoms with E-state index in [4.69, 9.17) is 9.63 Å². The zero-order valence-corrected chi connectivity index (χ0v) is 20.3. The Hall–Kier alpha value is -0.0100. The number of aliphatic hydroxyl groups excluding tert-OH is 1. The van der Waals surface area contributed by atoms with Crippen LogP contribution >= 0.6 is 7.82 Å². The zero-order valence-electron chi connectivity index (χ0n) is 19.4. The number of aliphatic hydroxyl groups is 1. The Labute approximate surface area is 185 Å². The third-order valence-electron chi connectivity index (χ3n) is 5.00. The maximum Gasteiger partial charge on any atom is 0.267 e. The summed E-state index contributed by atoms with van der Waals surface area (Å²) in [4.78, 5) is 11.2. The summed E-state index contributed by atoms with van der Waals surface area (Å²) < 4.78 is 20.5. The monoisotopic (exact) mass is 451 g/mol. The highest BCUT2D eigenvalue weighted by Gasteiger charge is 2.06. The fourth-order valence-electron chi connectivity index (χ4n) is 3.26. The van der Waals surface area contributed by atoms with E-state index in [2.05, 4.69) is 15.2 Å². The molecule has 8 heteroatoms. The van der Waals surface area contributed by atoms with E-state index >= 15 is 0 Å². The van der Waals surface area contributed by atoms with Gasteiger partial charge < -0.3 is 29.7 Å². The SMILES string of the molecule is CCOP(=O)([O-])OCCCCCCCCCCCCCNCCCNCCCCO. The summed E-state index contributed by atoms with van der Waals surface area (Å²) in [5, 5.41) is 15.6. The molecule has 0 saturated heterocycles. The minimum atomic E-state index is -4.05. The quantitative estimate of drug-likeness (QED) is 0.142. The molecule has 30 heavy (non-hydrogen) atoms. The van der Waals surface area contributed by atoms with E-state index in [-0.39, 0.29) is 13.2 Å². The fraction of sp³-hybridized carbons (Fsp3) is 1.00.